The van der Waals surface area contributed by atoms with E-state index in [1.807, 2.05) is 0 Å². The number of hydrogen-bond donors (Lipinski definition) is 2. The Labute approximate surface area is 169 Å². The third-order valence-electron chi connectivity index (χ3n) is 5.84. The molecule has 4 rings (SSSR count). The van der Waals surface area contributed by atoms with Crippen LogP contribution in [0.1, 0.15) is 32.6 Å². The Hall–Kier alpha value is -2.46. The molecule has 1 atom stereocenters. The molecular formula is C19H24N4O5S. The first kappa shape index (κ1) is 19.8. The van der Waals surface area contributed by atoms with Crippen LogP contribution in [0, 0.1) is 5.92 Å². The zero-order valence-corrected chi connectivity index (χ0v) is 17.0. The maximum absolute atomic E-state index is 12.6. The summed E-state index contributed by atoms with van der Waals surface area (Å²) < 4.78 is 26.5. The summed E-state index contributed by atoms with van der Waals surface area (Å²) in [6.45, 7) is 2.35. The summed E-state index contributed by atoms with van der Waals surface area (Å²) in [5.41, 5.74) is -0.532. The van der Waals surface area contributed by atoms with E-state index in [1.165, 1.54) is 28.6 Å². The van der Waals surface area contributed by atoms with Gasteiger partial charge >= 0.3 is 6.03 Å². The summed E-state index contributed by atoms with van der Waals surface area (Å²) in [4.78, 5) is 38.2. The monoisotopic (exact) mass is 420 g/mol. The number of imide groups is 1. The van der Waals surface area contributed by atoms with Gasteiger partial charge in [-0.05, 0) is 62.8 Å². The molecule has 0 spiro atoms. The number of amides is 4. The van der Waals surface area contributed by atoms with E-state index in [-0.39, 0.29) is 23.3 Å². The average Bonchev–Trinajstić information content (AvgIpc) is 3.34. The van der Waals surface area contributed by atoms with Crippen molar-refractivity contribution >= 4 is 33.6 Å². The zero-order valence-electron chi connectivity index (χ0n) is 16.2. The fourth-order valence-electron chi connectivity index (χ4n) is 3.93. The van der Waals surface area contributed by atoms with Crippen LogP contribution in [0.3, 0.4) is 0 Å². The molecule has 2 saturated heterocycles. The van der Waals surface area contributed by atoms with E-state index in [2.05, 4.69) is 10.6 Å². The van der Waals surface area contributed by atoms with Gasteiger partial charge in [-0.2, -0.15) is 4.31 Å². The summed E-state index contributed by atoms with van der Waals surface area (Å²) in [6, 6.07) is 5.33. The van der Waals surface area contributed by atoms with Crippen molar-refractivity contribution in [2.24, 2.45) is 5.92 Å². The first-order valence-corrected chi connectivity index (χ1v) is 11.2. The molecule has 1 aliphatic carbocycles. The van der Waals surface area contributed by atoms with Gasteiger partial charge in [-0.3, -0.25) is 14.5 Å². The molecule has 0 aromatic heterocycles. The highest BCUT2D eigenvalue weighted by atomic mass is 32.2. The molecule has 0 unspecified atom stereocenters. The highest BCUT2D eigenvalue weighted by Crippen LogP contribution is 2.42. The lowest BCUT2D eigenvalue weighted by molar-refractivity contribution is -0.134. The van der Waals surface area contributed by atoms with Crippen LogP contribution in [-0.4, -0.2) is 60.6 Å². The van der Waals surface area contributed by atoms with Crippen molar-refractivity contribution in [1.82, 2.24) is 14.5 Å². The summed E-state index contributed by atoms with van der Waals surface area (Å²) in [5.74, 6) is -0.784. The van der Waals surface area contributed by atoms with Crippen LogP contribution in [0.15, 0.2) is 29.2 Å². The van der Waals surface area contributed by atoms with Gasteiger partial charge in [0.25, 0.3) is 5.91 Å². The number of rotatable bonds is 6. The Bertz CT molecular complexity index is 951. The van der Waals surface area contributed by atoms with Gasteiger partial charge in [-0.15, -0.1) is 0 Å². The molecule has 0 bridgehead atoms. The summed E-state index contributed by atoms with van der Waals surface area (Å²) in [7, 11) is -3.52. The third kappa shape index (κ3) is 3.62. The van der Waals surface area contributed by atoms with Crippen LogP contribution in [0.2, 0.25) is 0 Å². The molecule has 2 N–H and O–H groups in total. The molecule has 1 saturated carbocycles. The number of benzene rings is 1. The minimum absolute atomic E-state index is 0.122. The van der Waals surface area contributed by atoms with Gasteiger partial charge in [0.15, 0.2) is 0 Å². The molecule has 1 aromatic carbocycles. The van der Waals surface area contributed by atoms with Gasteiger partial charge in [0.1, 0.15) is 12.1 Å². The lowest BCUT2D eigenvalue weighted by atomic mass is 9.96. The molecule has 4 amide bonds. The average molecular weight is 420 g/mol. The standard InChI is InChI=1S/C19H24N4O5S/c1-19(13-4-5-13)17(25)23(18(26)21-19)12-16(24)20-14-6-8-15(9-7-14)29(27,28)22-10-2-3-11-22/h6-9,13H,2-5,10-12H2,1H3,(H,20,24)(H,21,26)/t19-/m0/s1. The number of hydrogen-bond acceptors (Lipinski definition) is 5. The van der Waals surface area contributed by atoms with Crippen LogP contribution < -0.4 is 10.6 Å². The molecule has 0 radical (unpaired) electrons. The second-order valence-corrected chi connectivity index (χ2v) is 9.92. The first-order chi connectivity index (χ1) is 13.7. The Kier molecular flexibility index (Phi) is 4.86. The number of sulfonamides is 1. The van der Waals surface area contributed by atoms with Gasteiger partial charge in [-0.25, -0.2) is 13.2 Å². The van der Waals surface area contributed by atoms with Crippen molar-refractivity contribution in [2.75, 3.05) is 25.0 Å². The van der Waals surface area contributed by atoms with E-state index < -0.39 is 27.5 Å². The minimum atomic E-state index is -3.52. The van der Waals surface area contributed by atoms with Crippen molar-refractivity contribution in [3.63, 3.8) is 0 Å². The zero-order chi connectivity index (χ0) is 20.8. The molecule has 10 heteroatoms. The quantitative estimate of drug-likeness (QED) is 0.670. The summed E-state index contributed by atoms with van der Waals surface area (Å²) >= 11 is 0. The van der Waals surface area contributed by atoms with Gasteiger partial charge in [0, 0.05) is 18.8 Å². The molecule has 3 aliphatic rings. The fourth-order valence-corrected chi connectivity index (χ4v) is 5.45. The molecule has 2 aliphatic heterocycles. The lowest BCUT2D eigenvalue weighted by Gasteiger charge is -2.20. The number of nitrogens with zero attached hydrogens (tertiary/aromatic N) is 2. The molecule has 2 heterocycles. The molecule has 9 nitrogen and oxygen atoms in total. The van der Waals surface area contributed by atoms with E-state index in [9.17, 15) is 22.8 Å². The maximum Gasteiger partial charge on any atom is 0.325 e. The SMILES string of the molecule is C[C@@]1(C2CC2)NC(=O)N(CC(=O)Nc2ccc(S(=O)(=O)N3CCCC3)cc2)C1=O. The maximum atomic E-state index is 12.6. The second kappa shape index (κ2) is 7.10. The predicted octanol–water partition coefficient (Wildman–Crippen LogP) is 1.13. The van der Waals surface area contributed by atoms with Crippen LogP contribution >= 0.6 is 0 Å². The topological polar surface area (TPSA) is 116 Å². The van der Waals surface area contributed by atoms with E-state index in [4.69, 9.17) is 0 Å². The normalized spacial score (nSPS) is 25.3. The summed E-state index contributed by atoms with van der Waals surface area (Å²) in [6.07, 6.45) is 3.48. The Morgan fingerprint density at radius 1 is 1.17 bits per heavy atom. The fraction of sp³-hybridized carbons (Fsp3) is 0.526. The van der Waals surface area contributed by atoms with Crippen molar-refractivity contribution < 1.29 is 22.8 Å². The van der Waals surface area contributed by atoms with E-state index >= 15 is 0 Å². The smallest absolute Gasteiger partial charge is 0.325 e. The first-order valence-electron chi connectivity index (χ1n) is 9.76. The van der Waals surface area contributed by atoms with Crippen molar-refractivity contribution in [3.05, 3.63) is 24.3 Å². The van der Waals surface area contributed by atoms with Gasteiger partial charge in [0.2, 0.25) is 15.9 Å². The van der Waals surface area contributed by atoms with Crippen molar-refractivity contribution in [3.8, 4) is 0 Å². The van der Waals surface area contributed by atoms with E-state index in [0.717, 1.165) is 30.6 Å². The van der Waals surface area contributed by atoms with E-state index in [0.29, 0.717) is 18.8 Å². The molecule has 29 heavy (non-hydrogen) atoms. The minimum Gasteiger partial charge on any atom is -0.325 e. The van der Waals surface area contributed by atoms with Crippen molar-refractivity contribution in [1.29, 1.82) is 0 Å². The molecular weight excluding hydrogens is 396 g/mol. The molecule has 1 aromatic rings. The predicted molar refractivity (Wildman–Crippen MR) is 104 cm³/mol. The number of anilines is 1. The van der Waals surface area contributed by atoms with Gasteiger partial charge < -0.3 is 10.6 Å². The number of carbonyl (C=O) groups excluding carboxylic acids is 3. The Balaban J connectivity index is 1.39. The van der Waals surface area contributed by atoms with Crippen LogP contribution in [-0.2, 0) is 19.6 Å². The largest absolute Gasteiger partial charge is 0.325 e. The Morgan fingerprint density at radius 2 is 1.79 bits per heavy atom. The summed E-state index contributed by atoms with van der Waals surface area (Å²) in [5, 5.41) is 5.31. The lowest BCUT2D eigenvalue weighted by Crippen LogP contribution is -2.46. The van der Waals surface area contributed by atoms with Crippen LogP contribution in [0.5, 0.6) is 0 Å². The third-order valence-corrected chi connectivity index (χ3v) is 7.75. The highest BCUT2D eigenvalue weighted by Gasteiger charge is 2.56. The van der Waals surface area contributed by atoms with Crippen LogP contribution in [0.4, 0.5) is 10.5 Å². The Morgan fingerprint density at radius 3 is 2.38 bits per heavy atom. The molecule has 3 fully saturated rings. The van der Waals surface area contributed by atoms with Crippen LogP contribution in [0.25, 0.3) is 0 Å². The number of nitrogens with one attached hydrogen (secondary N) is 2. The van der Waals surface area contributed by atoms with Gasteiger partial charge in [-0.1, -0.05) is 0 Å². The number of urea groups is 1. The second-order valence-electron chi connectivity index (χ2n) is 7.98. The highest BCUT2D eigenvalue weighted by molar-refractivity contribution is 7.89. The number of carbonyl (C=O) groups is 3. The van der Waals surface area contributed by atoms with Gasteiger partial charge in [0.05, 0.1) is 4.90 Å². The van der Waals surface area contributed by atoms with Crippen molar-refractivity contribution in [2.45, 2.75) is 43.0 Å². The molecule has 156 valence electrons. The van der Waals surface area contributed by atoms with E-state index in [1.54, 1.807) is 6.92 Å².